The Labute approximate surface area is 85.5 Å². The molecule has 80 valence electrons. The average Bonchev–Trinajstić information content (AvgIpc) is 2.73. The molecule has 1 unspecified atom stereocenters. The summed E-state index contributed by atoms with van der Waals surface area (Å²) in [7, 11) is 0. The SMILES string of the molecule is NC(=NO)C(O)c1ccc2c(c1)OCO2. The number of benzene rings is 1. The topological polar surface area (TPSA) is 97.3 Å². The van der Waals surface area contributed by atoms with Gasteiger partial charge in [-0.1, -0.05) is 11.2 Å². The molecule has 1 aliphatic rings. The molecule has 1 aromatic carbocycles. The quantitative estimate of drug-likeness (QED) is 0.280. The lowest BCUT2D eigenvalue weighted by Gasteiger charge is -2.09. The van der Waals surface area contributed by atoms with Crippen LogP contribution in [0.3, 0.4) is 0 Å². The molecule has 0 bridgehead atoms. The summed E-state index contributed by atoms with van der Waals surface area (Å²) < 4.78 is 10.2. The van der Waals surface area contributed by atoms with Crippen molar-refractivity contribution in [3.8, 4) is 11.5 Å². The first-order valence-corrected chi connectivity index (χ1v) is 4.27. The van der Waals surface area contributed by atoms with Crippen LogP contribution in [-0.2, 0) is 0 Å². The molecule has 2 rings (SSSR count). The van der Waals surface area contributed by atoms with Crippen LogP contribution < -0.4 is 15.2 Å². The smallest absolute Gasteiger partial charge is 0.231 e. The summed E-state index contributed by atoms with van der Waals surface area (Å²) in [5, 5.41) is 20.7. The van der Waals surface area contributed by atoms with Crippen molar-refractivity contribution >= 4 is 5.84 Å². The fourth-order valence-corrected chi connectivity index (χ4v) is 1.31. The van der Waals surface area contributed by atoms with Gasteiger partial charge in [-0.15, -0.1) is 0 Å². The van der Waals surface area contributed by atoms with Gasteiger partial charge in [0.25, 0.3) is 0 Å². The molecule has 1 heterocycles. The largest absolute Gasteiger partial charge is 0.454 e. The zero-order valence-electron chi connectivity index (χ0n) is 7.75. The molecule has 1 aromatic rings. The maximum absolute atomic E-state index is 9.61. The average molecular weight is 210 g/mol. The number of nitrogens with two attached hydrogens (primary N) is 1. The summed E-state index contributed by atoms with van der Waals surface area (Å²) in [6.45, 7) is 0.165. The fourth-order valence-electron chi connectivity index (χ4n) is 1.31. The number of aliphatic hydroxyl groups excluding tert-OH is 1. The summed E-state index contributed by atoms with van der Waals surface area (Å²) in [5.41, 5.74) is 5.75. The van der Waals surface area contributed by atoms with Crippen molar-refractivity contribution in [3.63, 3.8) is 0 Å². The van der Waals surface area contributed by atoms with Crippen molar-refractivity contribution in [2.24, 2.45) is 10.9 Å². The van der Waals surface area contributed by atoms with Crippen molar-refractivity contribution in [2.75, 3.05) is 6.79 Å². The van der Waals surface area contributed by atoms with Gasteiger partial charge in [0, 0.05) is 0 Å². The van der Waals surface area contributed by atoms with E-state index in [1.54, 1.807) is 18.2 Å². The van der Waals surface area contributed by atoms with Gasteiger partial charge in [0.2, 0.25) is 6.79 Å². The number of oxime groups is 1. The second kappa shape index (κ2) is 3.66. The van der Waals surface area contributed by atoms with Crippen LogP contribution in [0.2, 0.25) is 0 Å². The third-order valence-electron chi connectivity index (χ3n) is 2.11. The zero-order chi connectivity index (χ0) is 10.8. The first-order chi connectivity index (χ1) is 7.22. The number of aliphatic hydroxyl groups is 1. The maximum atomic E-state index is 9.61. The minimum absolute atomic E-state index is 0.165. The second-order valence-corrected chi connectivity index (χ2v) is 3.04. The molecule has 6 heteroatoms. The first-order valence-electron chi connectivity index (χ1n) is 4.27. The van der Waals surface area contributed by atoms with Crippen molar-refractivity contribution in [2.45, 2.75) is 6.10 Å². The van der Waals surface area contributed by atoms with E-state index in [-0.39, 0.29) is 12.6 Å². The summed E-state index contributed by atoms with van der Waals surface area (Å²) in [6, 6.07) is 4.87. The lowest BCUT2D eigenvalue weighted by atomic mass is 10.1. The van der Waals surface area contributed by atoms with Gasteiger partial charge < -0.3 is 25.5 Å². The van der Waals surface area contributed by atoms with Crippen LogP contribution in [0.4, 0.5) is 0 Å². The molecular weight excluding hydrogens is 200 g/mol. The molecule has 1 aliphatic heterocycles. The molecule has 0 amide bonds. The predicted octanol–water partition coefficient (Wildman–Crippen LogP) is 0.195. The van der Waals surface area contributed by atoms with Crippen molar-refractivity contribution in [3.05, 3.63) is 23.8 Å². The predicted molar refractivity (Wildman–Crippen MR) is 50.9 cm³/mol. The molecule has 15 heavy (non-hydrogen) atoms. The number of rotatable bonds is 2. The van der Waals surface area contributed by atoms with Crippen LogP contribution in [-0.4, -0.2) is 22.9 Å². The summed E-state index contributed by atoms with van der Waals surface area (Å²) in [4.78, 5) is 0. The number of amidine groups is 1. The molecule has 0 aromatic heterocycles. The molecular formula is C9H10N2O4. The van der Waals surface area contributed by atoms with E-state index in [0.29, 0.717) is 17.1 Å². The Balaban J connectivity index is 2.30. The van der Waals surface area contributed by atoms with E-state index in [4.69, 9.17) is 20.4 Å². The van der Waals surface area contributed by atoms with Crippen LogP contribution in [0.5, 0.6) is 11.5 Å². The standard InChI is InChI=1S/C9H10N2O4/c10-9(11-13)8(12)5-1-2-6-7(3-5)15-4-14-6/h1-3,8,12-13H,4H2,(H2,10,11). The van der Waals surface area contributed by atoms with Gasteiger partial charge in [0.15, 0.2) is 17.3 Å². The Morgan fingerprint density at radius 1 is 1.40 bits per heavy atom. The van der Waals surface area contributed by atoms with E-state index in [1.165, 1.54) is 0 Å². The molecule has 0 aliphatic carbocycles. The van der Waals surface area contributed by atoms with E-state index in [2.05, 4.69) is 5.16 Å². The van der Waals surface area contributed by atoms with E-state index >= 15 is 0 Å². The number of hydrogen-bond donors (Lipinski definition) is 3. The van der Waals surface area contributed by atoms with Crippen LogP contribution in [0.1, 0.15) is 11.7 Å². The van der Waals surface area contributed by atoms with Gasteiger partial charge in [-0.25, -0.2) is 0 Å². The minimum Gasteiger partial charge on any atom is -0.454 e. The molecule has 0 radical (unpaired) electrons. The zero-order valence-corrected chi connectivity index (χ0v) is 7.75. The highest BCUT2D eigenvalue weighted by Crippen LogP contribution is 2.34. The van der Waals surface area contributed by atoms with Gasteiger partial charge in [-0.05, 0) is 17.7 Å². The molecule has 4 N–H and O–H groups in total. The molecule has 0 spiro atoms. The third kappa shape index (κ3) is 1.66. The minimum atomic E-state index is -1.15. The summed E-state index contributed by atoms with van der Waals surface area (Å²) in [5.74, 6) is 0.886. The van der Waals surface area contributed by atoms with Gasteiger partial charge >= 0.3 is 0 Å². The lowest BCUT2D eigenvalue weighted by molar-refractivity contribution is 0.173. The van der Waals surface area contributed by atoms with Crippen LogP contribution in [0, 0.1) is 0 Å². The number of hydrogen-bond acceptors (Lipinski definition) is 5. The van der Waals surface area contributed by atoms with Crippen molar-refractivity contribution < 1.29 is 19.8 Å². The molecule has 1 atom stereocenters. The summed E-state index contributed by atoms with van der Waals surface area (Å²) >= 11 is 0. The van der Waals surface area contributed by atoms with E-state index < -0.39 is 6.10 Å². The van der Waals surface area contributed by atoms with Crippen LogP contribution >= 0.6 is 0 Å². The van der Waals surface area contributed by atoms with Gasteiger partial charge in [0.05, 0.1) is 0 Å². The molecule has 0 saturated heterocycles. The first kappa shape index (κ1) is 9.60. The lowest BCUT2D eigenvalue weighted by Crippen LogP contribution is -2.21. The van der Waals surface area contributed by atoms with E-state index in [0.717, 1.165) is 0 Å². The van der Waals surface area contributed by atoms with Gasteiger partial charge in [-0.3, -0.25) is 0 Å². The van der Waals surface area contributed by atoms with Crippen LogP contribution in [0.25, 0.3) is 0 Å². The van der Waals surface area contributed by atoms with Gasteiger partial charge in [0.1, 0.15) is 6.10 Å². The fraction of sp³-hybridized carbons (Fsp3) is 0.222. The second-order valence-electron chi connectivity index (χ2n) is 3.04. The van der Waals surface area contributed by atoms with E-state index in [1.807, 2.05) is 0 Å². The Morgan fingerprint density at radius 2 is 2.13 bits per heavy atom. The third-order valence-corrected chi connectivity index (χ3v) is 2.11. The Bertz CT molecular complexity index is 405. The van der Waals surface area contributed by atoms with Crippen molar-refractivity contribution in [1.29, 1.82) is 0 Å². The highest BCUT2D eigenvalue weighted by atomic mass is 16.7. The highest BCUT2D eigenvalue weighted by molar-refractivity contribution is 5.85. The van der Waals surface area contributed by atoms with Crippen molar-refractivity contribution in [1.82, 2.24) is 0 Å². The number of ether oxygens (including phenoxy) is 2. The number of fused-ring (bicyclic) bond motifs is 1. The highest BCUT2D eigenvalue weighted by Gasteiger charge is 2.18. The number of nitrogens with zero attached hydrogens (tertiary/aromatic N) is 1. The monoisotopic (exact) mass is 210 g/mol. The Hall–Kier alpha value is -1.95. The normalized spacial score (nSPS) is 16.5. The molecule has 0 fully saturated rings. The van der Waals surface area contributed by atoms with Gasteiger partial charge in [-0.2, -0.15) is 0 Å². The maximum Gasteiger partial charge on any atom is 0.231 e. The van der Waals surface area contributed by atoms with Crippen LogP contribution in [0.15, 0.2) is 23.4 Å². The molecule has 0 saturated carbocycles. The Kier molecular flexibility index (Phi) is 2.34. The Morgan fingerprint density at radius 3 is 2.87 bits per heavy atom. The van der Waals surface area contributed by atoms with E-state index in [9.17, 15) is 5.11 Å². The molecule has 6 nitrogen and oxygen atoms in total. The summed E-state index contributed by atoms with van der Waals surface area (Å²) in [6.07, 6.45) is -1.15.